The normalized spacial score (nSPS) is 9.21. The SMILES string of the molecule is Brc1ccc(-c2ccccc2)cc1.I. The first-order valence-corrected chi connectivity index (χ1v) is 4.96. The summed E-state index contributed by atoms with van der Waals surface area (Å²) < 4.78 is 1.12. The Kier molecular flexibility index (Phi) is 4.62. The maximum Gasteiger partial charge on any atom is 0.0175 e. The molecule has 0 bridgehead atoms. The van der Waals surface area contributed by atoms with Crippen LogP contribution in [0.1, 0.15) is 0 Å². The molecule has 0 radical (unpaired) electrons. The molecule has 0 fully saturated rings. The molecular weight excluding hydrogens is 351 g/mol. The van der Waals surface area contributed by atoms with Crippen LogP contribution in [0.5, 0.6) is 0 Å². The molecule has 0 nitrogen and oxygen atoms in total. The Balaban J connectivity index is 0.000000980. The van der Waals surface area contributed by atoms with Gasteiger partial charge in [-0.15, -0.1) is 24.0 Å². The molecule has 0 unspecified atom stereocenters. The molecule has 0 aliphatic heterocycles. The van der Waals surface area contributed by atoms with E-state index in [2.05, 4.69) is 64.5 Å². The van der Waals surface area contributed by atoms with Gasteiger partial charge in [-0.1, -0.05) is 58.4 Å². The van der Waals surface area contributed by atoms with E-state index in [4.69, 9.17) is 0 Å². The van der Waals surface area contributed by atoms with Gasteiger partial charge in [0, 0.05) is 4.47 Å². The number of halogens is 2. The molecule has 0 aromatic heterocycles. The lowest BCUT2D eigenvalue weighted by atomic mass is 10.1. The second-order valence-corrected chi connectivity index (χ2v) is 3.79. The summed E-state index contributed by atoms with van der Waals surface area (Å²) in [6.45, 7) is 0. The molecule has 0 heterocycles. The minimum absolute atomic E-state index is 0. The van der Waals surface area contributed by atoms with Gasteiger partial charge in [0.05, 0.1) is 0 Å². The maximum absolute atomic E-state index is 3.42. The minimum Gasteiger partial charge on any atom is -0.107 e. The van der Waals surface area contributed by atoms with Crippen molar-refractivity contribution in [3.8, 4) is 11.1 Å². The van der Waals surface area contributed by atoms with E-state index in [0.717, 1.165) is 4.47 Å². The quantitative estimate of drug-likeness (QED) is 0.644. The van der Waals surface area contributed by atoms with Crippen LogP contribution in [0.3, 0.4) is 0 Å². The van der Waals surface area contributed by atoms with Crippen LogP contribution in [0, 0.1) is 0 Å². The summed E-state index contributed by atoms with van der Waals surface area (Å²) in [5.41, 5.74) is 2.51. The molecule has 2 heteroatoms. The van der Waals surface area contributed by atoms with Crippen LogP contribution in [-0.2, 0) is 0 Å². The van der Waals surface area contributed by atoms with Gasteiger partial charge in [-0.25, -0.2) is 0 Å². The lowest BCUT2D eigenvalue weighted by molar-refractivity contribution is 1.59. The van der Waals surface area contributed by atoms with Crippen LogP contribution in [0.25, 0.3) is 11.1 Å². The number of hydrogen-bond donors (Lipinski definition) is 0. The zero-order chi connectivity index (χ0) is 9.10. The Bertz CT molecular complexity index is 381. The Labute approximate surface area is 109 Å². The summed E-state index contributed by atoms with van der Waals surface area (Å²) >= 11 is 3.42. The van der Waals surface area contributed by atoms with E-state index in [9.17, 15) is 0 Å². The van der Waals surface area contributed by atoms with Crippen molar-refractivity contribution in [2.24, 2.45) is 0 Å². The fourth-order valence-corrected chi connectivity index (χ4v) is 1.54. The van der Waals surface area contributed by atoms with E-state index < -0.39 is 0 Å². The first-order valence-electron chi connectivity index (χ1n) is 4.17. The van der Waals surface area contributed by atoms with Gasteiger partial charge in [0.25, 0.3) is 0 Å². The molecule has 2 rings (SSSR count). The summed E-state index contributed by atoms with van der Waals surface area (Å²) in [6.07, 6.45) is 0. The molecule has 0 atom stereocenters. The second-order valence-electron chi connectivity index (χ2n) is 2.87. The van der Waals surface area contributed by atoms with E-state index in [-0.39, 0.29) is 24.0 Å². The molecule has 0 spiro atoms. The largest absolute Gasteiger partial charge is 0.107 e. The van der Waals surface area contributed by atoms with Gasteiger partial charge in [-0.05, 0) is 23.3 Å². The highest BCUT2D eigenvalue weighted by atomic mass is 127. The maximum atomic E-state index is 3.42. The molecular formula is C12H10BrI. The molecule has 0 aliphatic rings. The second kappa shape index (κ2) is 5.51. The Morgan fingerprint density at radius 2 is 1.14 bits per heavy atom. The zero-order valence-electron chi connectivity index (χ0n) is 7.48. The van der Waals surface area contributed by atoms with Gasteiger partial charge in [-0.2, -0.15) is 0 Å². The molecule has 0 N–H and O–H groups in total. The van der Waals surface area contributed by atoms with Crippen molar-refractivity contribution < 1.29 is 0 Å². The fourth-order valence-electron chi connectivity index (χ4n) is 1.27. The molecule has 2 aromatic rings. The van der Waals surface area contributed by atoms with Crippen LogP contribution in [0.2, 0.25) is 0 Å². The van der Waals surface area contributed by atoms with E-state index in [0.29, 0.717) is 0 Å². The van der Waals surface area contributed by atoms with E-state index in [1.807, 2.05) is 6.07 Å². The van der Waals surface area contributed by atoms with Gasteiger partial charge in [0.2, 0.25) is 0 Å². The Hall–Kier alpha value is -0.350. The Morgan fingerprint density at radius 3 is 1.71 bits per heavy atom. The van der Waals surface area contributed by atoms with Crippen molar-refractivity contribution >= 4 is 39.9 Å². The van der Waals surface area contributed by atoms with Gasteiger partial charge in [-0.3, -0.25) is 0 Å². The van der Waals surface area contributed by atoms with Crippen molar-refractivity contribution in [2.45, 2.75) is 0 Å². The number of rotatable bonds is 1. The topological polar surface area (TPSA) is 0 Å². The lowest BCUT2D eigenvalue weighted by Crippen LogP contribution is -1.75. The molecule has 72 valence electrons. The minimum atomic E-state index is 0. The fraction of sp³-hybridized carbons (Fsp3) is 0. The highest BCUT2D eigenvalue weighted by Gasteiger charge is 1.94. The van der Waals surface area contributed by atoms with Gasteiger partial charge < -0.3 is 0 Å². The first-order chi connectivity index (χ1) is 6.36. The molecule has 0 saturated carbocycles. The molecule has 0 saturated heterocycles. The highest BCUT2D eigenvalue weighted by Crippen LogP contribution is 2.20. The third kappa shape index (κ3) is 2.82. The van der Waals surface area contributed by atoms with Crippen molar-refractivity contribution in [1.82, 2.24) is 0 Å². The summed E-state index contributed by atoms with van der Waals surface area (Å²) in [5.74, 6) is 0. The Morgan fingerprint density at radius 1 is 0.643 bits per heavy atom. The average Bonchev–Trinajstić information content (AvgIpc) is 2.20. The highest BCUT2D eigenvalue weighted by molar-refractivity contribution is 14.0. The predicted molar refractivity (Wildman–Crippen MR) is 75.0 cm³/mol. The smallest absolute Gasteiger partial charge is 0.0175 e. The summed E-state index contributed by atoms with van der Waals surface area (Å²) in [4.78, 5) is 0. The molecule has 14 heavy (non-hydrogen) atoms. The first kappa shape index (κ1) is 11.7. The van der Waals surface area contributed by atoms with Crippen LogP contribution < -0.4 is 0 Å². The van der Waals surface area contributed by atoms with Crippen LogP contribution in [-0.4, -0.2) is 0 Å². The number of benzene rings is 2. The summed E-state index contributed by atoms with van der Waals surface area (Å²) in [7, 11) is 0. The van der Waals surface area contributed by atoms with E-state index >= 15 is 0 Å². The van der Waals surface area contributed by atoms with E-state index in [1.165, 1.54) is 11.1 Å². The van der Waals surface area contributed by atoms with Crippen molar-refractivity contribution in [2.75, 3.05) is 0 Å². The van der Waals surface area contributed by atoms with Crippen molar-refractivity contribution in [3.05, 3.63) is 59.1 Å². The average molecular weight is 361 g/mol. The van der Waals surface area contributed by atoms with Crippen LogP contribution >= 0.6 is 39.9 Å². The third-order valence-electron chi connectivity index (χ3n) is 1.95. The predicted octanol–water partition coefficient (Wildman–Crippen LogP) is 4.73. The molecule has 0 aliphatic carbocycles. The number of hydrogen-bond acceptors (Lipinski definition) is 0. The zero-order valence-corrected chi connectivity index (χ0v) is 11.4. The monoisotopic (exact) mass is 360 g/mol. The molecule has 2 aromatic carbocycles. The standard InChI is InChI=1S/C12H9Br.HI/c13-12-8-6-11(7-9-12)10-4-2-1-3-5-10;/h1-9H;1H. The van der Waals surface area contributed by atoms with Crippen LogP contribution in [0.15, 0.2) is 59.1 Å². The third-order valence-corrected chi connectivity index (χ3v) is 2.48. The summed E-state index contributed by atoms with van der Waals surface area (Å²) in [5, 5.41) is 0. The van der Waals surface area contributed by atoms with Crippen molar-refractivity contribution in [1.29, 1.82) is 0 Å². The van der Waals surface area contributed by atoms with E-state index in [1.54, 1.807) is 0 Å². The van der Waals surface area contributed by atoms with Crippen LogP contribution in [0.4, 0.5) is 0 Å². The van der Waals surface area contributed by atoms with Gasteiger partial charge >= 0.3 is 0 Å². The van der Waals surface area contributed by atoms with Gasteiger partial charge in [0.1, 0.15) is 0 Å². The molecule has 0 amide bonds. The van der Waals surface area contributed by atoms with Gasteiger partial charge in [0.15, 0.2) is 0 Å². The summed E-state index contributed by atoms with van der Waals surface area (Å²) in [6, 6.07) is 18.7. The van der Waals surface area contributed by atoms with Crippen molar-refractivity contribution in [3.63, 3.8) is 0 Å². The lowest BCUT2D eigenvalue weighted by Gasteiger charge is -2.00.